The van der Waals surface area contributed by atoms with Crippen molar-refractivity contribution in [1.82, 2.24) is 4.90 Å². The fourth-order valence-electron chi connectivity index (χ4n) is 6.72. The van der Waals surface area contributed by atoms with Gasteiger partial charge in [0.1, 0.15) is 5.41 Å². The molecule has 1 heterocycles. The van der Waals surface area contributed by atoms with Gasteiger partial charge in [-0.25, -0.2) is 0 Å². The number of piperidine rings is 1. The molecule has 29 heavy (non-hydrogen) atoms. The van der Waals surface area contributed by atoms with E-state index >= 15 is 0 Å². The first-order valence-corrected chi connectivity index (χ1v) is 10.2. The Kier molecular flexibility index (Phi) is 4.63. The number of allylic oxidation sites excluding steroid dienone is 1. The van der Waals surface area contributed by atoms with Crippen molar-refractivity contribution in [2.45, 2.75) is 45.2 Å². The maximum Gasteiger partial charge on any atom is 0.471 e. The Labute approximate surface area is 167 Å². The van der Waals surface area contributed by atoms with E-state index in [0.29, 0.717) is 32.1 Å². The fourth-order valence-corrected chi connectivity index (χ4v) is 6.72. The molecule has 2 saturated carbocycles. The van der Waals surface area contributed by atoms with E-state index in [2.05, 4.69) is 6.92 Å². The van der Waals surface area contributed by atoms with Gasteiger partial charge in [0.05, 0.1) is 7.11 Å². The monoisotopic (exact) mass is 413 g/mol. The van der Waals surface area contributed by atoms with Gasteiger partial charge in [0.15, 0.2) is 5.78 Å². The van der Waals surface area contributed by atoms with E-state index in [1.807, 2.05) is 12.2 Å². The number of amides is 1. The highest BCUT2D eigenvalue weighted by molar-refractivity contribution is 6.06. The number of halogens is 3. The van der Waals surface area contributed by atoms with Crippen LogP contribution in [0.5, 0.6) is 0 Å². The average molecular weight is 413 g/mol. The summed E-state index contributed by atoms with van der Waals surface area (Å²) in [7, 11) is 1.31. The zero-order valence-corrected chi connectivity index (χ0v) is 16.6. The molecule has 0 N–H and O–H groups in total. The van der Waals surface area contributed by atoms with Crippen molar-refractivity contribution >= 4 is 17.7 Å². The maximum absolute atomic E-state index is 12.9. The van der Waals surface area contributed by atoms with Crippen LogP contribution in [0, 0.1) is 34.5 Å². The van der Waals surface area contributed by atoms with Crippen LogP contribution in [0.4, 0.5) is 13.2 Å². The zero-order valence-electron chi connectivity index (χ0n) is 16.6. The first-order chi connectivity index (χ1) is 13.6. The van der Waals surface area contributed by atoms with Crippen molar-refractivity contribution in [2.24, 2.45) is 34.5 Å². The van der Waals surface area contributed by atoms with Crippen LogP contribution in [0.15, 0.2) is 12.2 Å². The molecule has 3 fully saturated rings. The second kappa shape index (κ2) is 6.57. The lowest BCUT2D eigenvalue weighted by Gasteiger charge is -2.58. The summed E-state index contributed by atoms with van der Waals surface area (Å²) in [5.74, 6) is -2.34. The molecule has 0 radical (unpaired) electrons. The van der Waals surface area contributed by atoms with Crippen molar-refractivity contribution < 1.29 is 32.3 Å². The Bertz CT molecular complexity index is 778. The highest BCUT2D eigenvalue weighted by Gasteiger charge is 2.64. The number of rotatable bonds is 1. The van der Waals surface area contributed by atoms with Gasteiger partial charge in [0.2, 0.25) is 0 Å². The topological polar surface area (TPSA) is 63.7 Å². The first kappa shape index (κ1) is 20.4. The number of nitrogens with zero attached hydrogens (tertiary/aromatic N) is 1. The number of esters is 1. The van der Waals surface area contributed by atoms with Crippen molar-refractivity contribution in [3.05, 3.63) is 12.2 Å². The molecule has 0 bridgehead atoms. The summed E-state index contributed by atoms with van der Waals surface area (Å²) in [6.07, 6.45) is 1.65. The quantitative estimate of drug-likeness (QED) is 0.376. The number of methoxy groups -OCH3 is 1. The van der Waals surface area contributed by atoms with Crippen LogP contribution in [-0.4, -0.2) is 48.9 Å². The summed E-state index contributed by atoms with van der Waals surface area (Å²) < 4.78 is 43.6. The van der Waals surface area contributed by atoms with Crippen LogP contribution in [0.2, 0.25) is 0 Å². The van der Waals surface area contributed by atoms with E-state index in [4.69, 9.17) is 4.74 Å². The van der Waals surface area contributed by atoms with Gasteiger partial charge < -0.3 is 9.64 Å². The molecule has 6 atom stereocenters. The summed E-state index contributed by atoms with van der Waals surface area (Å²) in [6.45, 7) is 2.23. The Morgan fingerprint density at radius 3 is 2.55 bits per heavy atom. The minimum absolute atomic E-state index is 0.0282. The van der Waals surface area contributed by atoms with Crippen molar-refractivity contribution in [2.75, 3.05) is 20.2 Å². The molecule has 1 saturated heterocycles. The SMILES string of the molecule is COC(=O)[C@]12CC[C@H]3[C@@H](C=C[C@H]4CN(C(=O)C(F)(F)F)CC[C@@]43C)[C@@H]1CCC2=O. The lowest BCUT2D eigenvalue weighted by molar-refractivity contribution is -0.190. The van der Waals surface area contributed by atoms with Crippen molar-refractivity contribution in [3.8, 4) is 0 Å². The van der Waals surface area contributed by atoms with Crippen LogP contribution < -0.4 is 0 Å². The standard InChI is InChI=1S/C21H26F3NO4/c1-19-9-10-25(17(27)21(22,23)24)11-12(19)3-4-13-14(19)7-8-20(18(28)29-2)15(13)5-6-16(20)26/h3-4,12-15H,5-11H2,1-2H3/t12-,13+,14-,15-,19-,20+/m0/s1. The summed E-state index contributed by atoms with van der Waals surface area (Å²) in [5.41, 5.74) is -1.33. The molecule has 5 nitrogen and oxygen atoms in total. The average Bonchev–Trinajstić information content (AvgIpc) is 3.03. The smallest absolute Gasteiger partial charge is 0.468 e. The minimum atomic E-state index is -4.86. The third kappa shape index (κ3) is 2.77. The van der Waals surface area contributed by atoms with Crippen LogP contribution in [0.3, 0.4) is 0 Å². The fraction of sp³-hybridized carbons (Fsp3) is 0.762. The number of alkyl halides is 3. The van der Waals surface area contributed by atoms with Gasteiger partial charge in [-0.2, -0.15) is 13.2 Å². The molecule has 4 aliphatic rings. The van der Waals surface area contributed by atoms with Crippen molar-refractivity contribution in [3.63, 3.8) is 0 Å². The normalized spacial score (nSPS) is 41.4. The Balaban J connectivity index is 1.63. The number of Topliss-reactive ketones (excluding diaryl/α,β-unsaturated/α-hetero) is 1. The van der Waals surface area contributed by atoms with Crippen LogP contribution in [-0.2, 0) is 19.1 Å². The minimum Gasteiger partial charge on any atom is -0.468 e. The third-order valence-electron chi connectivity index (χ3n) is 8.27. The molecular weight excluding hydrogens is 387 g/mol. The molecule has 0 aromatic rings. The summed E-state index contributed by atoms with van der Waals surface area (Å²) in [6, 6.07) is 0. The third-order valence-corrected chi connectivity index (χ3v) is 8.27. The number of hydrogen-bond donors (Lipinski definition) is 0. The molecule has 0 aromatic heterocycles. The molecule has 1 aliphatic heterocycles. The lowest BCUT2D eigenvalue weighted by Crippen LogP contribution is -2.59. The van der Waals surface area contributed by atoms with E-state index in [1.54, 1.807) is 0 Å². The first-order valence-electron chi connectivity index (χ1n) is 10.2. The van der Waals surface area contributed by atoms with Gasteiger partial charge in [-0.05, 0) is 48.9 Å². The van der Waals surface area contributed by atoms with E-state index in [0.717, 1.165) is 4.90 Å². The van der Waals surface area contributed by atoms with E-state index in [-0.39, 0.29) is 48.0 Å². The molecule has 0 aromatic carbocycles. The van der Waals surface area contributed by atoms with Crippen LogP contribution in [0.1, 0.15) is 39.0 Å². The summed E-state index contributed by atoms with van der Waals surface area (Å²) >= 11 is 0. The number of carbonyl (C=O) groups excluding carboxylic acids is 3. The second-order valence-corrected chi connectivity index (χ2v) is 9.25. The number of fused-ring (bicyclic) bond motifs is 5. The van der Waals surface area contributed by atoms with Crippen LogP contribution >= 0.6 is 0 Å². The highest BCUT2D eigenvalue weighted by atomic mass is 19.4. The number of likely N-dealkylation sites (tertiary alicyclic amines) is 1. The Hall–Kier alpha value is -1.86. The zero-order chi connectivity index (χ0) is 21.2. The van der Waals surface area contributed by atoms with Gasteiger partial charge >= 0.3 is 18.1 Å². The highest BCUT2D eigenvalue weighted by Crippen LogP contribution is 2.63. The molecular formula is C21H26F3NO4. The number of carbonyl (C=O) groups is 3. The predicted octanol–water partition coefficient (Wildman–Crippen LogP) is 3.14. The number of ketones is 1. The van der Waals surface area contributed by atoms with E-state index < -0.39 is 23.5 Å². The second-order valence-electron chi connectivity index (χ2n) is 9.25. The summed E-state index contributed by atoms with van der Waals surface area (Å²) in [5, 5.41) is 0. The van der Waals surface area contributed by atoms with Gasteiger partial charge in [-0.1, -0.05) is 19.1 Å². The lowest BCUT2D eigenvalue weighted by atomic mass is 9.48. The molecule has 8 heteroatoms. The largest absolute Gasteiger partial charge is 0.471 e. The molecule has 4 rings (SSSR count). The van der Waals surface area contributed by atoms with Gasteiger partial charge in [0, 0.05) is 25.4 Å². The molecule has 0 spiro atoms. The molecule has 1 amide bonds. The van der Waals surface area contributed by atoms with Gasteiger partial charge in [0.25, 0.3) is 0 Å². The predicted molar refractivity (Wildman–Crippen MR) is 96.4 cm³/mol. The molecule has 3 aliphatic carbocycles. The van der Waals surface area contributed by atoms with Crippen LogP contribution in [0.25, 0.3) is 0 Å². The van der Waals surface area contributed by atoms with Gasteiger partial charge in [-0.15, -0.1) is 0 Å². The molecule has 0 unspecified atom stereocenters. The Morgan fingerprint density at radius 1 is 1.17 bits per heavy atom. The van der Waals surface area contributed by atoms with Gasteiger partial charge in [-0.3, -0.25) is 14.4 Å². The van der Waals surface area contributed by atoms with Crippen molar-refractivity contribution in [1.29, 1.82) is 0 Å². The number of ether oxygens (including phenoxy) is 1. The summed E-state index contributed by atoms with van der Waals surface area (Å²) in [4.78, 5) is 37.9. The maximum atomic E-state index is 12.9. The number of hydrogen-bond acceptors (Lipinski definition) is 4. The molecule has 160 valence electrons. The van der Waals surface area contributed by atoms with E-state index in [1.165, 1.54) is 7.11 Å². The Morgan fingerprint density at radius 2 is 1.90 bits per heavy atom. The van der Waals surface area contributed by atoms with E-state index in [9.17, 15) is 27.6 Å².